The van der Waals surface area contributed by atoms with E-state index < -0.39 is 5.54 Å². The number of ether oxygens (including phenoxy) is 1. The summed E-state index contributed by atoms with van der Waals surface area (Å²) < 4.78 is 7.36. The van der Waals surface area contributed by atoms with Crippen LogP contribution >= 0.6 is 11.8 Å². The Hall–Kier alpha value is -2.53. The van der Waals surface area contributed by atoms with Gasteiger partial charge in [0.05, 0.1) is 24.5 Å². The molecule has 1 atom stereocenters. The van der Waals surface area contributed by atoms with Crippen molar-refractivity contribution in [2.45, 2.75) is 44.9 Å². The highest BCUT2D eigenvalue weighted by Gasteiger charge is 2.30. The van der Waals surface area contributed by atoms with E-state index in [1.807, 2.05) is 49.6 Å². The zero-order chi connectivity index (χ0) is 20.0. The number of thioether (sulfide) groups is 1. The summed E-state index contributed by atoms with van der Waals surface area (Å²) in [7, 11) is 1.62. The highest BCUT2D eigenvalue weighted by Crippen LogP contribution is 2.30. The zero-order valence-corrected chi connectivity index (χ0v) is 17.1. The standard InChI is InChI=1S/C19H25N5O2S/c1-6-24-17(14-9-7-8-10-15(14)26-5)22-23-18(24)27-11-16(25)21-19(4,12-20)13(2)3/h7-10,13H,6,11H2,1-5H3,(H,21,25). The fourth-order valence-electron chi connectivity index (χ4n) is 2.47. The molecule has 0 bridgehead atoms. The second-order valence-electron chi connectivity index (χ2n) is 6.56. The van der Waals surface area contributed by atoms with Crippen molar-refractivity contribution in [1.29, 1.82) is 5.26 Å². The molecular weight excluding hydrogens is 362 g/mol. The van der Waals surface area contributed by atoms with Gasteiger partial charge in [-0.25, -0.2) is 0 Å². The zero-order valence-electron chi connectivity index (χ0n) is 16.3. The van der Waals surface area contributed by atoms with Crippen molar-refractivity contribution in [2.24, 2.45) is 5.92 Å². The largest absolute Gasteiger partial charge is 0.496 e. The molecule has 1 unspecified atom stereocenters. The van der Waals surface area contributed by atoms with Gasteiger partial charge in [0, 0.05) is 6.54 Å². The van der Waals surface area contributed by atoms with E-state index in [0.29, 0.717) is 17.5 Å². The molecule has 27 heavy (non-hydrogen) atoms. The van der Waals surface area contributed by atoms with Crippen molar-refractivity contribution in [3.05, 3.63) is 24.3 Å². The minimum atomic E-state index is -0.890. The molecule has 1 amide bonds. The fraction of sp³-hybridized carbons (Fsp3) is 0.474. The molecule has 1 heterocycles. The van der Waals surface area contributed by atoms with Crippen LogP contribution in [0.4, 0.5) is 0 Å². The predicted octanol–water partition coefficient (Wildman–Crippen LogP) is 3.12. The van der Waals surface area contributed by atoms with E-state index in [1.54, 1.807) is 14.0 Å². The lowest BCUT2D eigenvalue weighted by molar-refractivity contribution is -0.120. The number of nitriles is 1. The lowest BCUT2D eigenvalue weighted by Gasteiger charge is -2.27. The Bertz CT molecular complexity index is 843. The van der Waals surface area contributed by atoms with Crippen molar-refractivity contribution in [1.82, 2.24) is 20.1 Å². The number of nitrogens with one attached hydrogen (secondary N) is 1. The van der Waals surface area contributed by atoms with Gasteiger partial charge in [0.2, 0.25) is 5.91 Å². The van der Waals surface area contributed by atoms with Crippen LogP contribution in [0.3, 0.4) is 0 Å². The maximum absolute atomic E-state index is 12.3. The molecule has 0 aliphatic rings. The van der Waals surface area contributed by atoms with E-state index in [2.05, 4.69) is 21.6 Å². The number of carbonyl (C=O) groups excluding carboxylic acids is 1. The number of aromatic nitrogens is 3. The molecule has 1 N–H and O–H groups in total. The molecule has 0 aliphatic carbocycles. The highest BCUT2D eigenvalue weighted by molar-refractivity contribution is 7.99. The molecule has 8 heteroatoms. The summed E-state index contributed by atoms with van der Waals surface area (Å²) in [6.45, 7) is 8.20. The van der Waals surface area contributed by atoms with Gasteiger partial charge in [0.25, 0.3) is 0 Å². The first-order valence-electron chi connectivity index (χ1n) is 8.77. The third-order valence-electron chi connectivity index (χ3n) is 4.50. The molecule has 0 spiro atoms. The molecule has 0 saturated carbocycles. The van der Waals surface area contributed by atoms with Crippen LogP contribution in [0.15, 0.2) is 29.4 Å². The van der Waals surface area contributed by atoms with E-state index in [-0.39, 0.29) is 17.6 Å². The third-order valence-corrected chi connectivity index (χ3v) is 5.47. The van der Waals surface area contributed by atoms with Crippen LogP contribution in [0.2, 0.25) is 0 Å². The Morgan fingerprint density at radius 2 is 2.11 bits per heavy atom. The van der Waals surface area contributed by atoms with Crippen molar-refractivity contribution in [3.63, 3.8) is 0 Å². The highest BCUT2D eigenvalue weighted by atomic mass is 32.2. The molecule has 1 aromatic heterocycles. The molecule has 1 aromatic carbocycles. The average molecular weight is 388 g/mol. The number of hydrogen-bond donors (Lipinski definition) is 1. The summed E-state index contributed by atoms with van der Waals surface area (Å²) in [6.07, 6.45) is 0. The SMILES string of the molecule is CCn1c(SCC(=O)NC(C)(C#N)C(C)C)nnc1-c1ccccc1OC. The Morgan fingerprint density at radius 3 is 2.70 bits per heavy atom. The fourth-order valence-corrected chi connectivity index (χ4v) is 3.27. The van der Waals surface area contributed by atoms with E-state index >= 15 is 0 Å². The van der Waals surface area contributed by atoms with Crippen LogP contribution in [0.1, 0.15) is 27.7 Å². The Balaban J connectivity index is 2.16. The second-order valence-corrected chi connectivity index (χ2v) is 7.50. The van der Waals surface area contributed by atoms with Crippen molar-refractivity contribution >= 4 is 17.7 Å². The van der Waals surface area contributed by atoms with Crippen LogP contribution < -0.4 is 10.1 Å². The molecule has 0 radical (unpaired) electrons. The molecule has 0 saturated heterocycles. The lowest BCUT2D eigenvalue weighted by Crippen LogP contribution is -2.49. The van der Waals surface area contributed by atoms with E-state index in [9.17, 15) is 10.1 Å². The maximum atomic E-state index is 12.3. The van der Waals surface area contributed by atoms with Crippen LogP contribution in [0.5, 0.6) is 5.75 Å². The van der Waals surface area contributed by atoms with Crippen molar-refractivity contribution < 1.29 is 9.53 Å². The van der Waals surface area contributed by atoms with Crippen LogP contribution in [-0.4, -0.2) is 39.1 Å². The number of benzene rings is 1. The topological polar surface area (TPSA) is 92.8 Å². The molecule has 0 aliphatic heterocycles. The van der Waals surface area contributed by atoms with Gasteiger partial charge in [0.1, 0.15) is 11.3 Å². The van der Waals surface area contributed by atoms with Gasteiger partial charge in [-0.2, -0.15) is 5.26 Å². The van der Waals surface area contributed by atoms with Gasteiger partial charge in [-0.1, -0.05) is 37.7 Å². The summed E-state index contributed by atoms with van der Waals surface area (Å²) >= 11 is 1.30. The number of para-hydroxylation sites is 1. The van der Waals surface area contributed by atoms with Crippen LogP contribution in [0, 0.1) is 17.2 Å². The number of methoxy groups -OCH3 is 1. The molecular formula is C19H25N5O2S. The summed E-state index contributed by atoms with van der Waals surface area (Å²) in [5, 5.41) is 21.3. The lowest BCUT2D eigenvalue weighted by atomic mass is 9.90. The smallest absolute Gasteiger partial charge is 0.231 e. The first-order valence-corrected chi connectivity index (χ1v) is 9.76. The second kappa shape index (κ2) is 8.91. The monoisotopic (exact) mass is 387 g/mol. The molecule has 2 aromatic rings. The van der Waals surface area contributed by atoms with E-state index in [4.69, 9.17) is 4.74 Å². The number of nitrogens with zero attached hydrogens (tertiary/aromatic N) is 4. The average Bonchev–Trinajstić information content (AvgIpc) is 3.08. The normalized spacial score (nSPS) is 13.1. The van der Waals surface area contributed by atoms with Gasteiger partial charge in [-0.05, 0) is 31.9 Å². The first kappa shape index (κ1) is 20.8. The Kier molecular flexibility index (Phi) is 6.86. The van der Waals surface area contributed by atoms with E-state index in [0.717, 1.165) is 11.3 Å². The number of carbonyl (C=O) groups is 1. The van der Waals surface area contributed by atoms with Gasteiger partial charge in [-0.15, -0.1) is 10.2 Å². The number of rotatable bonds is 8. The quantitative estimate of drug-likeness (QED) is 0.700. The minimum absolute atomic E-state index is 0.00731. The maximum Gasteiger partial charge on any atom is 0.231 e. The Morgan fingerprint density at radius 1 is 1.41 bits per heavy atom. The van der Waals surface area contributed by atoms with E-state index in [1.165, 1.54) is 11.8 Å². The van der Waals surface area contributed by atoms with Crippen molar-refractivity contribution in [2.75, 3.05) is 12.9 Å². The summed E-state index contributed by atoms with van der Waals surface area (Å²) in [4.78, 5) is 12.3. The van der Waals surface area contributed by atoms with Crippen molar-refractivity contribution in [3.8, 4) is 23.2 Å². The van der Waals surface area contributed by atoms with Gasteiger partial charge >= 0.3 is 0 Å². The summed E-state index contributed by atoms with van der Waals surface area (Å²) in [5.41, 5.74) is -0.0407. The minimum Gasteiger partial charge on any atom is -0.496 e. The van der Waals surface area contributed by atoms with Crippen LogP contribution in [-0.2, 0) is 11.3 Å². The van der Waals surface area contributed by atoms with Gasteiger partial charge in [-0.3, -0.25) is 4.79 Å². The third kappa shape index (κ3) is 4.61. The van der Waals surface area contributed by atoms with Gasteiger partial charge in [0.15, 0.2) is 11.0 Å². The predicted molar refractivity (Wildman–Crippen MR) is 105 cm³/mol. The van der Waals surface area contributed by atoms with Gasteiger partial charge < -0.3 is 14.6 Å². The number of hydrogen-bond acceptors (Lipinski definition) is 6. The molecule has 0 fully saturated rings. The summed E-state index contributed by atoms with van der Waals surface area (Å²) in [5.74, 6) is 1.38. The molecule has 2 rings (SSSR count). The molecule has 7 nitrogen and oxygen atoms in total. The first-order chi connectivity index (χ1) is 12.9. The summed E-state index contributed by atoms with van der Waals surface area (Å²) in [6, 6.07) is 9.80. The molecule has 144 valence electrons. The number of amides is 1. The van der Waals surface area contributed by atoms with Crippen LogP contribution in [0.25, 0.3) is 11.4 Å². The Labute approximate surface area is 164 Å².